The van der Waals surface area contributed by atoms with Gasteiger partial charge in [-0.3, -0.25) is 10.6 Å². The third-order valence-corrected chi connectivity index (χ3v) is 11.8. The summed E-state index contributed by atoms with van der Waals surface area (Å²) in [5, 5.41) is 38.4. The van der Waals surface area contributed by atoms with Gasteiger partial charge in [0.1, 0.15) is 40.1 Å². The highest BCUT2D eigenvalue weighted by molar-refractivity contribution is 5.67. The standard InChI is InChI=1S/C11H24N2O5.C10H22N2O5.C10H22O2.2C9H20O3.C9H20O2.C7H17NO.C6H14O.CO2.16CH4/c1-3-5-6-16-11(14)13-9-12-10-18-17-8-7-15-4-2;1-3-5-15-10(13)12-8-11-9-17-16-7-6-14-4-2;1-3-5-8-12-9-7-10(11)6-4-2;1-3-10-7-5-6-8-12-9-11-4-2;1-3-5-7-11-12-8-9(10)6-4-2;1-3-5-6-7-9(10)8-11-4-2;1-3-5-7-9-8-6-4-2;1-3-5-6-7-4-2;2-1-3;;;;;;;;;;;;;;;;/h12H,3-10H2,1-2H3,(H,13,14);11H,3-9H2,1-2H3,(H,12,13);10-11H,3-9H2,1-2H3;3-9H2,1-2H3;9-10H,3-8H2,1-2H3;9-10H,3-8H2,1-2H3;8H,3-7H2,1-2H3;3-6H2,1-2H3;;16*1H4. The molecule has 29 nitrogen and oxygen atoms in total. The van der Waals surface area contributed by atoms with Crippen molar-refractivity contribution in [2.24, 2.45) is 0 Å². The predicted molar refractivity (Wildman–Crippen MR) is 504 cm³/mol. The van der Waals surface area contributed by atoms with Gasteiger partial charge in [-0.05, 0) is 125 Å². The second-order valence-corrected chi connectivity index (χ2v) is 21.5. The summed E-state index contributed by atoms with van der Waals surface area (Å²) in [4.78, 5) is 72.1. The second-order valence-electron chi connectivity index (χ2n) is 21.5. The zero-order chi connectivity index (χ0) is 77.5. The number of aliphatic hydroxyl groups is 3. The van der Waals surface area contributed by atoms with Gasteiger partial charge in [0.25, 0.3) is 0 Å². The number of unbranched alkanes of at least 4 members (excludes halogenated alkanes) is 8. The van der Waals surface area contributed by atoms with Crippen LogP contribution in [0.25, 0.3) is 0 Å². The van der Waals surface area contributed by atoms with Gasteiger partial charge in [0.05, 0.1) is 77.9 Å². The number of hydroxylamine groups is 1. The van der Waals surface area contributed by atoms with Crippen molar-refractivity contribution < 1.29 is 116 Å². The first-order valence-corrected chi connectivity index (χ1v) is 38.2. The Bertz CT molecular complexity index is 1370. The highest BCUT2D eigenvalue weighted by atomic mass is 17.2. The normalized spacial score (nSPS) is 9.53. The number of aliphatic hydroxyl groups excluding tert-OH is 3. The Hall–Kier alpha value is -2.92. The number of hydrogen-bond acceptors (Lipinski definition) is 27. The molecule has 0 saturated heterocycles. The van der Waals surface area contributed by atoms with Crippen molar-refractivity contribution in [3.8, 4) is 0 Å². The van der Waals surface area contributed by atoms with E-state index in [4.69, 9.17) is 91.1 Å². The molecule has 29 heteroatoms. The number of hydrogen-bond donors (Lipinski definition) is 8. The molecule has 744 valence electrons. The molecule has 0 aliphatic rings. The molecule has 0 aromatic heterocycles. The van der Waals surface area contributed by atoms with Gasteiger partial charge in [-0.15, -0.1) is 0 Å². The van der Waals surface area contributed by atoms with Crippen LogP contribution in [0.1, 0.15) is 377 Å². The van der Waals surface area contributed by atoms with Crippen LogP contribution in [0.4, 0.5) is 9.59 Å². The van der Waals surface area contributed by atoms with Crippen LogP contribution < -0.4 is 26.7 Å². The first kappa shape index (κ1) is 184. The highest BCUT2D eigenvalue weighted by Crippen LogP contribution is 2.04. The summed E-state index contributed by atoms with van der Waals surface area (Å²) in [5.41, 5.74) is 2.87. The van der Waals surface area contributed by atoms with E-state index in [-0.39, 0.29) is 177 Å². The quantitative estimate of drug-likeness (QED) is 0.0121. The van der Waals surface area contributed by atoms with E-state index in [1.807, 2.05) is 62.3 Å². The zero-order valence-corrected chi connectivity index (χ0v) is 67.0. The number of carbonyl (C=O) groups excluding carboxylic acids is 4. The fraction of sp³-hybridized carbons (Fsp3) is 0.966. The number of carbonyl (C=O) groups is 2. The van der Waals surface area contributed by atoms with E-state index in [1.165, 1.54) is 38.5 Å². The first-order valence-electron chi connectivity index (χ1n) is 38.2. The molecule has 3 atom stereocenters. The maximum Gasteiger partial charge on any atom is 0.408 e. The van der Waals surface area contributed by atoms with Gasteiger partial charge >= 0.3 is 18.3 Å². The summed E-state index contributed by atoms with van der Waals surface area (Å²) in [6.45, 7) is 48.3. The number of alkyl carbamates (subject to hydrolysis) is 2. The van der Waals surface area contributed by atoms with Crippen molar-refractivity contribution in [2.45, 2.75) is 396 Å². The fourth-order valence-electron chi connectivity index (χ4n) is 6.16. The summed E-state index contributed by atoms with van der Waals surface area (Å²) < 4.78 is 50.6. The third-order valence-electron chi connectivity index (χ3n) is 11.8. The van der Waals surface area contributed by atoms with Crippen molar-refractivity contribution in [3.05, 3.63) is 0 Å². The van der Waals surface area contributed by atoms with Gasteiger partial charge in [-0.1, -0.05) is 252 Å². The molecule has 0 spiro atoms. The van der Waals surface area contributed by atoms with E-state index in [2.05, 4.69) is 75.2 Å². The van der Waals surface area contributed by atoms with E-state index >= 15 is 0 Å². The lowest BCUT2D eigenvalue weighted by atomic mass is 10.1. The van der Waals surface area contributed by atoms with Crippen LogP contribution in [-0.2, 0) is 91.1 Å². The van der Waals surface area contributed by atoms with Crippen molar-refractivity contribution >= 4 is 18.3 Å². The van der Waals surface area contributed by atoms with Crippen molar-refractivity contribution in [1.82, 2.24) is 26.7 Å². The lowest BCUT2D eigenvalue weighted by Crippen LogP contribution is -2.35. The van der Waals surface area contributed by atoms with Crippen LogP contribution in [-0.4, -0.2) is 231 Å². The molecule has 2 amide bonds. The largest absolute Gasteiger partial charge is 0.450 e. The van der Waals surface area contributed by atoms with Gasteiger partial charge in [0, 0.05) is 79.2 Å². The van der Waals surface area contributed by atoms with Gasteiger partial charge in [0.2, 0.25) is 0 Å². The number of nitrogens with one attached hydrogen (secondary N) is 5. The minimum atomic E-state index is -0.448. The molecule has 0 aliphatic heterocycles. The van der Waals surface area contributed by atoms with Crippen molar-refractivity contribution in [1.29, 1.82) is 0 Å². The van der Waals surface area contributed by atoms with Crippen LogP contribution in [0.15, 0.2) is 0 Å². The molecule has 0 aliphatic carbocycles. The molecule has 8 N–H and O–H groups in total. The Morgan fingerprint density at radius 3 is 1.06 bits per heavy atom. The molecule has 0 aromatic rings. The lowest BCUT2D eigenvalue weighted by molar-refractivity contribution is -0.305. The smallest absolute Gasteiger partial charge is 0.408 e. The van der Waals surface area contributed by atoms with Crippen molar-refractivity contribution in [2.75, 3.05) is 179 Å². The lowest BCUT2D eigenvalue weighted by Gasteiger charge is -2.08. The average Bonchev–Trinajstić information content (AvgIpc) is 1.09. The summed E-state index contributed by atoms with van der Waals surface area (Å²) in [6.07, 6.45) is 22.6. The van der Waals surface area contributed by atoms with E-state index in [9.17, 15) is 24.9 Å². The summed E-state index contributed by atoms with van der Waals surface area (Å²) in [5.74, 6) is 0. The maximum absolute atomic E-state index is 11.1. The molecule has 3 unspecified atom stereocenters. The predicted octanol–water partition coefficient (Wildman–Crippen LogP) is 22.8. The Morgan fingerprint density at radius 2 is 0.650 bits per heavy atom. The molecule has 0 bridgehead atoms. The molecular weight excluding hydrogens is 1510 g/mol. The van der Waals surface area contributed by atoms with E-state index in [0.717, 1.165) is 169 Å². The Morgan fingerprint density at radius 1 is 0.291 bits per heavy atom. The second kappa shape index (κ2) is 196. The molecule has 0 heterocycles. The zero-order valence-electron chi connectivity index (χ0n) is 67.0. The minimum absolute atomic E-state index is 0. The van der Waals surface area contributed by atoms with Gasteiger partial charge in [0.15, 0.2) is 0 Å². The van der Waals surface area contributed by atoms with Crippen LogP contribution in [0, 0.1) is 0 Å². The number of amides is 2. The van der Waals surface area contributed by atoms with E-state index < -0.39 is 12.2 Å². The first-order chi connectivity index (χ1) is 49.2. The average molecular weight is 1740 g/mol. The minimum Gasteiger partial charge on any atom is -0.450 e. The number of ether oxygens (including phenoxy) is 10. The van der Waals surface area contributed by atoms with Crippen LogP contribution in [0.2, 0.25) is 0 Å². The summed E-state index contributed by atoms with van der Waals surface area (Å²) >= 11 is 0. The molecule has 0 aromatic carbocycles. The maximum atomic E-state index is 11.1. The monoisotopic (exact) mass is 1730 g/mol. The Kier molecular flexibility index (Phi) is 308. The summed E-state index contributed by atoms with van der Waals surface area (Å²) in [6, 6.07) is 0. The van der Waals surface area contributed by atoms with Crippen LogP contribution in [0.5, 0.6) is 0 Å². The van der Waals surface area contributed by atoms with Gasteiger partial charge < -0.3 is 78.2 Å². The molecule has 117 heavy (non-hydrogen) atoms. The molecule has 0 radical (unpaired) electrons. The number of rotatable bonds is 65. The molecular formula is C88H223N5O24. The van der Waals surface area contributed by atoms with Crippen LogP contribution in [0.3, 0.4) is 0 Å². The molecule has 0 rings (SSSR count). The van der Waals surface area contributed by atoms with Gasteiger partial charge in [-0.25, -0.2) is 44.4 Å². The molecule has 0 saturated carbocycles. The Balaban J connectivity index is -0.0000000355. The molecule has 0 fully saturated rings. The SMILES string of the molecule is C.C.C.C.C.C.C.C.C.C.C.C.C.C.C.C.CCCCCC(O)COCC.CCCCOC(=O)NCNCOOCCOCC.CCCCOCC.CCCCOCCC(O)CCC.CCCCONCCC.CCCCOOCC(O)CCC.CCCOC(=O)NCNCOOCCOCC.CCOCCCCOCOCC.O=C=O. The topological polar surface area (TPSA) is 346 Å². The summed E-state index contributed by atoms with van der Waals surface area (Å²) in [7, 11) is 0. The third kappa shape index (κ3) is 241. The fourth-order valence-corrected chi connectivity index (χ4v) is 6.16. The highest BCUT2D eigenvalue weighted by Gasteiger charge is 2.05. The van der Waals surface area contributed by atoms with Gasteiger partial charge in [-0.2, -0.15) is 9.59 Å². The van der Waals surface area contributed by atoms with Crippen LogP contribution >= 0.6 is 0 Å². The van der Waals surface area contributed by atoms with E-state index in [1.54, 1.807) is 0 Å². The van der Waals surface area contributed by atoms with E-state index in [0.29, 0.717) is 86.1 Å². The Labute approximate surface area is 732 Å². The van der Waals surface area contributed by atoms with Crippen molar-refractivity contribution in [3.63, 3.8) is 0 Å².